The fourth-order valence-electron chi connectivity index (χ4n) is 5.14. The molecule has 2 aliphatic rings. The fraction of sp³-hybridized carbons (Fsp3) is 0.400. The van der Waals surface area contributed by atoms with Gasteiger partial charge in [0.15, 0.2) is 0 Å². The van der Waals surface area contributed by atoms with Gasteiger partial charge in [-0.2, -0.15) is 5.26 Å². The van der Waals surface area contributed by atoms with Crippen molar-refractivity contribution in [1.29, 1.82) is 5.26 Å². The minimum Gasteiger partial charge on any atom is -0.480 e. The predicted molar refractivity (Wildman–Crippen MR) is 124 cm³/mol. The molecule has 1 N–H and O–H groups in total. The molecule has 0 radical (unpaired) electrons. The summed E-state index contributed by atoms with van der Waals surface area (Å²) in [6, 6.07) is 13.2. The minimum atomic E-state index is -1.13. The van der Waals surface area contributed by atoms with Crippen molar-refractivity contribution in [2.75, 3.05) is 0 Å². The van der Waals surface area contributed by atoms with Crippen LogP contribution < -0.4 is 4.74 Å². The van der Waals surface area contributed by atoms with Crippen LogP contribution in [0, 0.1) is 23.2 Å². The molecule has 1 saturated carbocycles. The molecule has 3 aromatic rings. The van der Waals surface area contributed by atoms with Gasteiger partial charge in [0.1, 0.15) is 23.7 Å². The molecule has 1 fully saturated rings. The van der Waals surface area contributed by atoms with Gasteiger partial charge in [-0.05, 0) is 67.9 Å². The van der Waals surface area contributed by atoms with Crippen LogP contribution in [0.15, 0.2) is 42.6 Å². The van der Waals surface area contributed by atoms with Gasteiger partial charge in [-0.15, -0.1) is 10.2 Å². The van der Waals surface area contributed by atoms with Crippen molar-refractivity contribution in [1.82, 2.24) is 19.7 Å². The van der Waals surface area contributed by atoms with E-state index < -0.39 is 17.8 Å². The van der Waals surface area contributed by atoms with Crippen LogP contribution in [0.4, 0.5) is 0 Å². The van der Waals surface area contributed by atoms with E-state index in [-0.39, 0.29) is 12.0 Å². The van der Waals surface area contributed by atoms with Crippen LogP contribution in [0.5, 0.6) is 5.88 Å². The first-order valence-electron chi connectivity index (χ1n) is 11.5. The molecule has 1 aromatic carbocycles. The summed E-state index contributed by atoms with van der Waals surface area (Å²) in [4.78, 5) is 16.0. The highest BCUT2D eigenvalue weighted by atomic mass is 35.5. The van der Waals surface area contributed by atoms with Gasteiger partial charge >= 0.3 is 5.97 Å². The maximum Gasteiger partial charge on any atom is 0.321 e. The molecule has 2 aromatic heterocycles. The number of carboxylic acids is 1. The molecule has 0 amide bonds. The number of rotatable bonds is 5. The lowest BCUT2D eigenvalue weighted by Gasteiger charge is -2.28. The third-order valence-electron chi connectivity index (χ3n) is 6.81. The Labute approximate surface area is 202 Å². The number of ether oxygens (including phenoxy) is 1. The standard InChI is InChI=1S/C25H24ClN5O3/c26-18-6-9-21-17(12-18)11-16(20(14-27)25(32)33)13-22-29-30-24(31(21)22)15-4-7-19(8-5-15)34-23-3-1-2-10-28-23/h1-3,6,9-10,12,15-16,19-20H,4-5,7-8,11,13H2,(H,32,33)/t15-,16?,19-,20?. The van der Waals surface area contributed by atoms with Crippen molar-refractivity contribution >= 4 is 17.6 Å². The Morgan fingerprint density at radius 1 is 1.18 bits per heavy atom. The number of aliphatic carboxylic acids is 1. The maximum atomic E-state index is 11.7. The van der Waals surface area contributed by atoms with Gasteiger partial charge in [-0.25, -0.2) is 4.98 Å². The summed E-state index contributed by atoms with van der Waals surface area (Å²) in [5.41, 5.74) is 1.82. The molecular weight excluding hydrogens is 454 g/mol. The van der Waals surface area contributed by atoms with Gasteiger partial charge in [-0.1, -0.05) is 17.7 Å². The first kappa shape index (κ1) is 22.4. The Morgan fingerprint density at radius 2 is 2.00 bits per heavy atom. The Kier molecular flexibility index (Phi) is 6.20. The van der Waals surface area contributed by atoms with E-state index in [4.69, 9.17) is 16.3 Å². The van der Waals surface area contributed by atoms with Gasteiger partial charge in [-0.3, -0.25) is 9.36 Å². The first-order chi connectivity index (χ1) is 16.5. The monoisotopic (exact) mass is 477 g/mol. The van der Waals surface area contributed by atoms with Crippen molar-refractivity contribution in [3.63, 3.8) is 0 Å². The third-order valence-corrected chi connectivity index (χ3v) is 7.04. The molecule has 9 heteroatoms. The lowest BCUT2D eigenvalue weighted by atomic mass is 9.85. The number of carboxylic acid groups (broad SMARTS) is 1. The number of hydrogen-bond donors (Lipinski definition) is 1. The van der Waals surface area contributed by atoms with E-state index in [0.29, 0.717) is 29.6 Å². The van der Waals surface area contributed by atoms with Crippen LogP contribution in [0.1, 0.15) is 48.8 Å². The number of nitrogens with zero attached hydrogens (tertiary/aromatic N) is 5. The molecule has 0 saturated heterocycles. The molecule has 0 bridgehead atoms. The lowest BCUT2D eigenvalue weighted by Crippen LogP contribution is -2.25. The Balaban J connectivity index is 1.42. The normalized spacial score (nSPS) is 22.5. The van der Waals surface area contributed by atoms with Gasteiger partial charge in [0, 0.05) is 29.6 Å². The summed E-state index contributed by atoms with van der Waals surface area (Å²) in [6.07, 6.45) is 6.21. The Bertz CT molecular complexity index is 1230. The zero-order valence-electron chi connectivity index (χ0n) is 18.5. The van der Waals surface area contributed by atoms with Crippen molar-refractivity contribution in [2.45, 2.75) is 50.5 Å². The summed E-state index contributed by atoms with van der Waals surface area (Å²) in [6.45, 7) is 0. The van der Waals surface area contributed by atoms with E-state index in [0.717, 1.165) is 42.8 Å². The second-order valence-corrected chi connectivity index (χ2v) is 9.39. The molecule has 1 aliphatic heterocycles. The lowest BCUT2D eigenvalue weighted by molar-refractivity contribution is -0.141. The number of pyridine rings is 1. The summed E-state index contributed by atoms with van der Waals surface area (Å²) in [5, 5.41) is 28.7. The van der Waals surface area contributed by atoms with E-state index in [1.54, 1.807) is 6.20 Å². The van der Waals surface area contributed by atoms with Crippen molar-refractivity contribution in [3.05, 3.63) is 64.8 Å². The number of fused-ring (bicyclic) bond motifs is 3. The number of aromatic nitrogens is 4. The van der Waals surface area contributed by atoms with E-state index >= 15 is 0 Å². The predicted octanol–water partition coefficient (Wildman–Crippen LogP) is 4.36. The molecular formula is C25H24ClN5O3. The number of benzene rings is 1. The largest absolute Gasteiger partial charge is 0.480 e. The third kappa shape index (κ3) is 4.36. The molecule has 174 valence electrons. The number of nitriles is 1. The van der Waals surface area contributed by atoms with Crippen LogP contribution in [0.2, 0.25) is 5.02 Å². The van der Waals surface area contributed by atoms with Gasteiger partial charge < -0.3 is 9.84 Å². The van der Waals surface area contributed by atoms with Gasteiger partial charge in [0.25, 0.3) is 0 Å². The molecule has 0 spiro atoms. The highest BCUT2D eigenvalue weighted by Crippen LogP contribution is 2.38. The zero-order valence-corrected chi connectivity index (χ0v) is 19.2. The molecule has 5 rings (SSSR count). The fourth-order valence-corrected chi connectivity index (χ4v) is 5.33. The highest BCUT2D eigenvalue weighted by molar-refractivity contribution is 6.30. The summed E-state index contributed by atoms with van der Waals surface area (Å²) >= 11 is 6.28. The topological polar surface area (TPSA) is 114 Å². The van der Waals surface area contributed by atoms with E-state index in [2.05, 4.69) is 19.7 Å². The van der Waals surface area contributed by atoms with Crippen LogP contribution in [-0.2, 0) is 17.6 Å². The number of carbonyl (C=O) groups is 1. The molecule has 1 aliphatic carbocycles. The van der Waals surface area contributed by atoms with Crippen LogP contribution in [0.3, 0.4) is 0 Å². The summed E-state index contributed by atoms with van der Waals surface area (Å²) < 4.78 is 8.11. The summed E-state index contributed by atoms with van der Waals surface area (Å²) in [7, 11) is 0. The Morgan fingerprint density at radius 3 is 2.71 bits per heavy atom. The number of halogens is 1. The second-order valence-electron chi connectivity index (χ2n) is 8.96. The average molecular weight is 478 g/mol. The van der Waals surface area contributed by atoms with Crippen LogP contribution in [-0.4, -0.2) is 36.9 Å². The molecule has 2 unspecified atom stereocenters. The Hall–Kier alpha value is -3.44. The van der Waals surface area contributed by atoms with Crippen molar-refractivity contribution < 1.29 is 14.6 Å². The van der Waals surface area contributed by atoms with E-state index in [1.165, 1.54) is 0 Å². The maximum absolute atomic E-state index is 11.7. The van der Waals surface area contributed by atoms with Gasteiger partial charge in [0.05, 0.1) is 11.8 Å². The first-order valence-corrected chi connectivity index (χ1v) is 11.8. The van der Waals surface area contributed by atoms with E-state index in [9.17, 15) is 15.2 Å². The number of hydrogen-bond acceptors (Lipinski definition) is 6. The molecule has 34 heavy (non-hydrogen) atoms. The molecule has 2 atom stereocenters. The SMILES string of the molecule is N#CC(C(=O)O)C1Cc2cc(Cl)ccc2-n2c(nnc2[C@H]2CC[C@H](Oc3ccccn3)CC2)C1. The molecule has 3 heterocycles. The van der Waals surface area contributed by atoms with Gasteiger partial charge in [0.2, 0.25) is 5.88 Å². The van der Waals surface area contributed by atoms with Crippen molar-refractivity contribution in [3.8, 4) is 17.6 Å². The van der Waals surface area contributed by atoms with Crippen molar-refractivity contribution in [2.24, 2.45) is 11.8 Å². The zero-order chi connectivity index (χ0) is 23.7. The summed E-state index contributed by atoms with van der Waals surface area (Å²) in [5.74, 6) is -0.247. The minimum absolute atomic E-state index is 0.111. The quantitative estimate of drug-likeness (QED) is 0.580. The smallest absolute Gasteiger partial charge is 0.321 e. The van der Waals surface area contributed by atoms with E-state index in [1.807, 2.05) is 42.5 Å². The van der Waals surface area contributed by atoms with Crippen LogP contribution in [0.25, 0.3) is 5.69 Å². The van der Waals surface area contributed by atoms with Crippen LogP contribution >= 0.6 is 11.6 Å². The molecule has 8 nitrogen and oxygen atoms in total. The average Bonchev–Trinajstić information content (AvgIpc) is 3.17. The second kappa shape index (κ2) is 9.43. The highest BCUT2D eigenvalue weighted by Gasteiger charge is 2.36.